The van der Waals surface area contributed by atoms with Gasteiger partial charge in [-0.25, -0.2) is 0 Å². The van der Waals surface area contributed by atoms with Crippen LogP contribution in [0.1, 0.15) is 18.5 Å². The van der Waals surface area contributed by atoms with E-state index in [-0.39, 0.29) is 0 Å². The Hall–Kier alpha value is -0.570. The molecule has 82 valence electrons. The molecule has 15 heavy (non-hydrogen) atoms. The summed E-state index contributed by atoms with van der Waals surface area (Å²) in [6, 6.07) is 9.07. The third-order valence-corrected chi connectivity index (χ3v) is 3.13. The molecule has 1 fully saturated rings. The van der Waals surface area contributed by atoms with E-state index in [0.717, 1.165) is 18.1 Å². The van der Waals surface area contributed by atoms with Crippen LogP contribution in [0.15, 0.2) is 24.3 Å². The lowest BCUT2D eigenvalue weighted by atomic mass is 10.0. The van der Waals surface area contributed by atoms with Crippen molar-refractivity contribution in [1.82, 2.24) is 10.2 Å². The van der Waals surface area contributed by atoms with Crippen molar-refractivity contribution in [3.05, 3.63) is 34.9 Å². The fraction of sp³-hybridized carbons (Fsp3) is 0.500. The van der Waals surface area contributed by atoms with Crippen molar-refractivity contribution in [1.29, 1.82) is 0 Å². The molecule has 2 rings (SSSR count). The van der Waals surface area contributed by atoms with Crippen molar-refractivity contribution in [2.45, 2.75) is 19.0 Å². The summed E-state index contributed by atoms with van der Waals surface area (Å²) in [6.45, 7) is 4.47. The van der Waals surface area contributed by atoms with Gasteiger partial charge in [0.05, 0.1) is 0 Å². The van der Waals surface area contributed by atoms with E-state index in [0.29, 0.717) is 12.1 Å². The number of rotatable bonds is 3. The van der Waals surface area contributed by atoms with E-state index in [4.69, 9.17) is 11.6 Å². The Labute approximate surface area is 96.2 Å². The highest BCUT2D eigenvalue weighted by molar-refractivity contribution is 6.30. The largest absolute Gasteiger partial charge is 0.305 e. The van der Waals surface area contributed by atoms with Gasteiger partial charge in [-0.05, 0) is 31.7 Å². The van der Waals surface area contributed by atoms with E-state index in [1.165, 1.54) is 5.56 Å². The van der Waals surface area contributed by atoms with Crippen LogP contribution in [0.3, 0.4) is 0 Å². The highest BCUT2D eigenvalue weighted by Gasteiger charge is 2.24. The summed E-state index contributed by atoms with van der Waals surface area (Å²) in [4.78, 5) is 2.31. The fourth-order valence-corrected chi connectivity index (χ4v) is 2.23. The maximum Gasteiger partial charge on any atom is 0.0409 e. The predicted octanol–water partition coefficient (Wildman–Crippen LogP) is 2.30. The van der Waals surface area contributed by atoms with E-state index < -0.39 is 0 Å². The summed E-state index contributed by atoms with van der Waals surface area (Å²) in [5.74, 6) is 0. The number of likely N-dealkylation sites (N-methyl/N-ethyl adjacent to an activating group) is 1. The van der Waals surface area contributed by atoms with E-state index in [9.17, 15) is 0 Å². The number of hydrogen-bond donors (Lipinski definition) is 1. The van der Waals surface area contributed by atoms with Crippen molar-refractivity contribution in [3.8, 4) is 0 Å². The lowest BCUT2D eigenvalue weighted by Crippen LogP contribution is -2.56. The van der Waals surface area contributed by atoms with E-state index in [2.05, 4.69) is 30.3 Å². The first-order valence-corrected chi connectivity index (χ1v) is 5.73. The number of halogens is 1. The van der Waals surface area contributed by atoms with Crippen LogP contribution in [0.2, 0.25) is 5.02 Å². The van der Waals surface area contributed by atoms with Crippen LogP contribution in [0.5, 0.6) is 0 Å². The van der Waals surface area contributed by atoms with Crippen LogP contribution < -0.4 is 5.32 Å². The molecule has 2 nitrogen and oxygen atoms in total. The van der Waals surface area contributed by atoms with Crippen molar-refractivity contribution in [2.24, 2.45) is 0 Å². The molecule has 0 radical (unpaired) electrons. The smallest absolute Gasteiger partial charge is 0.0409 e. The molecule has 0 saturated carbocycles. The van der Waals surface area contributed by atoms with Gasteiger partial charge in [-0.3, -0.25) is 0 Å². The van der Waals surface area contributed by atoms with Crippen LogP contribution >= 0.6 is 11.6 Å². The molecule has 1 aliphatic heterocycles. The van der Waals surface area contributed by atoms with Gasteiger partial charge in [0.15, 0.2) is 0 Å². The fourth-order valence-electron chi connectivity index (χ4n) is 2.03. The topological polar surface area (TPSA) is 15.3 Å². The van der Waals surface area contributed by atoms with Gasteiger partial charge in [-0.1, -0.05) is 23.7 Å². The van der Waals surface area contributed by atoms with Crippen molar-refractivity contribution < 1.29 is 0 Å². The molecular formula is C12H17ClN2. The average molecular weight is 225 g/mol. The van der Waals surface area contributed by atoms with Gasteiger partial charge in [0.1, 0.15) is 0 Å². The molecule has 0 spiro atoms. The minimum atomic E-state index is 0.377. The highest BCUT2D eigenvalue weighted by Crippen LogP contribution is 2.19. The zero-order valence-corrected chi connectivity index (χ0v) is 9.96. The molecule has 1 N–H and O–H groups in total. The molecule has 0 aromatic heterocycles. The van der Waals surface area contributed by atoms with Crippen LogP contribution in [0, 0.1) is 0 Å². The number of hydrogen-bond acceptors (Lipinski definition) is 2. The Morgan fingerprint density at radius 2 is 2.20 bits per heavy atom. The molecule has 3 heteroatoms. The first-order chi connectivity index (χ1) is 7.15. The maximum absolute atomic E-state index is 5.96. The molecule has 1 aromatic rings. The zero-order chi connectivity index (χ0) is 10.8. The quantitative estimate of drug-likeness (QED) is 0.848. The molecule has 0 bridgehead atoms. The summed E-state index contributed by atoms with van der Waals surface area (Å²) >= 11 is 5.96. The predicted molar refractivity (Wildman–Crippen MR) is 64.3 cm³/mol. The summed E-state index contributed by atoms with van der Waals surface area (Å²) in [7, 11) is 2.14. The second-order valence-corrected chi connectivity index (χ2v) is 4.80. The van der Waals surface area contributed by atoms with Crippen LogP contribution in [-0.4, -0.2) is 31.1 Å². The lowest BCUT2D eigenvalue weighted by Gasteiger charge is -2.38. The average Bonchev–Trinajstić information content (AvgIpc) is 2.15. The zero-order valence-electron chi connectivity index (χ0n) is 9.20. The van der Waals surface area contributed by atoms with E-state index in [1.807, 2.05) is 18.2 Å². The number of nitrogens with one attached hydrogen (secondary N) is 1. The van der Waals surface area contributed by atoms with Gasteiger partial charge in [-0.15, -0.1) is 0 Å². The molecule has 1 heterocycles. The van der Waals surface area contributed by atoms with Crippen LogP contribution in [0.25, 0.3) is 0 Å². The monoisotopic (exact) mass is 224 g/mol. The molecule has 0 aliphatic carbocycles. The van der Waals surface area contributed by atoms with Crippen LogP contribution in [0.4, 0.5) is 0 Å². The number of benzene rings is 1. The summed E-state index contributed by atoms with van der Waals surface area (Å²) in [5, 5.41) is 4.40. The normalized spacial score (nSPS) is 19.9. The highest BCUT2D eigenvalue weighted by atomic mass is 35.5. The SMILES string of the molecule is CC(NC1CN(C)C1)c1cccc(Cl)c1. The van der Waals surface area contributed by atoms with Crippen LogP contribution in [-0.2, 0) is 0 Å². The molecule has 1 aliphatic rings. The molecule has 1 atom stereocenters. The lowest BCUT2D eigenvalue weighted by molar-refractivity contribution is 0.153. The van der Waals surface area contributed by atoms with Crippen molar-refractivity contribution in [3.63, 3.8) is 0 Å². The Balaban J connectivity index is 1.93. The van der Waals surface area contributed by atoms with Crippen molar-refractivity contribution in [2.75, 3.05) is 20.1 Å². The summed E-state index contributed by atoms with van der Waals surface area (Å²) in [6.07, 6.45) is 0. The van der Waals surface area contributed by atoms with Gasteiger partial charge in [0.2, 0.25) is 0 Å². The number of nitrogens with zero attached hydrogens (tertiary/aromatic N) is 1. The molecule has 1 unspecified atom stereocenters. The summed E-state index contributed by atoms with van der Waals surface area (Å²) in [5.41, 5.74) is 1.26. The molecule has 1 aromatic carbocycles. The molecule has 1 saturated heterocycles. The van der Waals surface area contributed by atoms with Gasteiger partial charge in [0.25, 0.3) is 0 Å². The second kappa shape index (κ2) is 4.52. The van der Waals surface area contributed by atoms with Gasteiger partial charge in [0, 0.05) is 30.2 Å². The molecular weight excluding hydrogens is 208 g/mol. The Morgan fingerprint density at radius 3 is 2.80 bits per heavy atom. The van der Waals surface area contributed by atoms with E-state index in [1.54, 1.807) is 0 Å². The minimum absolute atomic E-state index is 0.377. The Kier molecular flexibility index (Phi) is 3.29. The number of likely N-dealkylation sites (tertiary alicyclic amines) is 1. The minimum Gasteiger partial charge on any atom is -0.305 e. The Morgan fingerprint density at radius 1 is 1.47 bits per heavy atom. The third kappa shape index (κ3) is 2.71. The molecule has 0 amide bonds. The van der Waals surface area contributed by atoms with Gasteiger partial charge >= 0.3 is 0 Å². The third-order valence-electron chi connectivity index (χ3n) is 2.90. The standard InChI is InChI=1S/C12H17ClN2/c1-9(14-12-7-15(2)8-12)10-4-3-5-11(13)6-10/h3-6,9,12,14H,7-8H2,1-2H3. The second-order valence-electron chi connectivity index (χ2n) is 4.36. The van der Waals surface area contributed by atoms with E-state index >= 15 is 0 Å². The maximum atomic E-state index is 5.96. The van der Waals surface area contributed by atoms with Gasteiger partial charge < -0.3 is 10.2 Å². The first kappa shape index (κ1) is 10.9. The van der Waals surface area contributed by atoms with Crippen molar-refractivity contribution >= 4 is 11.6 Å². The first-order valence-electron chi connectivity index (χ1n) is 5.35. The summed E-state index contributed by atoms with van der Waals surface area (Å²) < 4.78 is 0. The Bertz CT molecular complexity index is 334. The van der Waals surface area contributed by atoms with Gasteiger partial charge in [-0.2, -0.15) is 0 Å².